The van der Waals surface area contributed by atoms with Crippen LogP contribution in [0.25, 0.3) is 0 Å². The largest absolute Gasteiger partial charge is 0.322 e. The van der Waals surface area contributed by atoms with Crippen molar-refractivity contribution in [2.75, 3.05) is 11.9 Å². The van der Waals surface area contributed by atoms with Crippen molar-refractivity contribution in [1.82, 2.24) is 4.90 Å². The van der Waals surface area contributed by atoms with Crippen LogP contribution >= 0.6 is 0 Å². The number of urea groups is 1. The maximum Gasteiger partial charge on any atom is 0.322 e. The SMILES string of the molecule is CC[C@@H](C)c1ccc(NC(=O)N2CCCC[C@@H]2C)cc1. The lowest BCUT2D eigenvalue weighted by Crippen LogP contribution is -2.44. The molecule has 1 aromatic carbocycles. The highest BCUT2D eigenvalue weighted by molar-refractivity contribution is 5.89. The number of benzene rings is 1. The fourth-order valence-corrected chi connectivity index (χ4v) is 2.73. The van der Waals surface area contributed by atoms with Crippen molar-refractivity contribution < 1.29 is 4.79 Å². The lowest BCUT2D eigenvalue weighted by atomic mass is 9.99. The molecule has 20 heavy (non-hydrogen) atoms. The molecule has 1 N–H and O–H groups in total. The molecule has 110 valence electrons. The number of nitrogens with zero attached hydrogens (tertiary/aromatic N) is 1. The molecule has 0 bridgehead atoms. The van der Waals surface area contributed by atoms with Crippen molar-refractivity contribution in [3.63, 3.8) is 0 Å². The third-order valence-corrected chi connectivity index (χ3v) is 4.41. The number of amides is 2. The lowest BCUT2D eigenvalue weighted by molar-refractivity contribution is 0.170. The highest BCUT2D eigenvalue weighted by Crippen LogP contribution is 2.22. The van der Waals surface area contributed by atoms with Crippen LogP contribution in [0.15, 0.2) is 24.3 Å². The van der Waals surface area contributed by atoms with Crippen molar-refractivity contribution >= 4 is 11.7 Å². The molecular formula is C17H26N2O. The van der Waals surface area contributed by atoms with E-state index >= 15 is 0 Å². The lowest BCUT2D eigenvalue weighted by Gasteiger charge is -2.33. The smallest absolute Gasteiger partial charge is 0.322 e. The van der Waals surface area contributed by atoms with E-state index in [0.717, 1.165) is 31.5 Å². The van der Waals surface area contributed by atoms with Crippen molar-refractivity contribution in [1.29, 1.82) is 0 Å². The average Bonchev–Trinajstić information content (AvgIpc) is 2.47. The molecule has 1 aliphatic heterocycles. The number of likely N-dealkylation sites (tertiary alicyclic amines) is 1. The normalized spacial score (nSPS) is 20.6. The standard InChI is InChI=1S/C17H26N2O/c1-4-13(2)15-8-10-16(11-9-15)18-17(20)19-12-6-5-7-14(19)3/h8-11,13-14H,4-7,12H2,1-3H3,(H,18,20)/t13-,14+/m1/s1. The van der Waals surface area contributed by atoms with Crippen LogP contribution in [0, 0.1) is 0 Å². The number of carbonyl (C=O) groups is 1. The van der Waals surface area contributed by atoms with Crippen LogP contribution in [0.4, 0.5) is 10.5 Å². The molecule has 2 atom stereocenters. The second-order valence-corrected chi connectivity index (χ2v) is 5.90. The monoisotopic (exact) mass is 274 g/mol. The van der Waals surface area contributed by atoms with E-state index in [9.17, 15) is 4.79 Å². The molecule has 2 rings (SSSR count). The summed E-state index contributed by atoms with van der Waals surface area (Å²) in [5, 5.41) is 3.01. The minimum atomic E-state index is 0.0356. The minimum Gasteiger partial charge on any atom is -0.322 e. The van der Waals surface area contributed by atoms with Crippen LogP contribution in [0.5, 0.6) is 0 Å². The Morgan fingerprint density at radius 2 is 2.05 bits per heavy atom. The fourth-order valence-electron chi connectivity index (χ4n) is 2.73. The van der Waals surface area contributed by atoms with Gasteiger partial charge in [0.25, 0.3) is 0 Å². The fraction of sp³-hybridized carbons (Fsp3) is 0.588. The van der Waals surface area contributed by atoms with Gasteiger partial charge in [-0.2, -0.15) is 0 Å². The van der Waals surface area contributed by atoms with Gasteiger partial charge in [0.15, 0.2) is 0 Å². The quantitative estimate of drug-likeness (QED) is 0.858. The van der Waals surface area contributed by atoms with Gasteiger partial charge in [-0.05, 0) is 56.2 Å². The Balaban J connectivity index is 1.97. The van der Waals surface area contributed by atoms with Crippen LogP contribution < -0.4 is 5.32 Å². The number of nitrogens with one attached hydrogen (secondary N) is 1. The first-order chi connectivity index (χ1) is 9.61. The third-order valence-electron chi connectivity index (χ3n) is 4.41. The third kappa shape index (κ3) is 3.53. The van der Waals surface area contributed by atoms with E-state index in [1.807, 2.05) is 17.0 Å². The van der Waals surface area contributed by atoms with Crippen LogP contribution in [0.2, 0.25) is 0 Å². The Labute approximate surface area is 122 Å². The second-order valence-electron chi connectivity index (χ2n) is 5.90. The molecule has 3 heteroatoms. The number of rotatable bonds is 3. The summed E-state index contributed by atoms with van der Waals surface area (Å²) in [5.74, 6) is 0.571. The molecule has 1 saturated heterocycles. The van der Waals surface area contributed by atoms with Crippen molar-refractivity contribution in [2.24, 2.45) is 0 Å². The molecule has 1 aliphatic rings. The summed E-state index contributed by atoms with van der Waals surface area (Å²) >= 11 is 0. The Morgan fingerprint density at radius 3 is 2.65 bits per heavy atom. The van der Waals surface area contributed by atoms with Gasteiger partial charge >= 0.3 is 6.03 Å². The average molecular weight is 274 g/mol. The summed E-state index contributed by atoms with van der Waals surface area (Å²) in [5.41, 5.74) is 2.22. The van der Waals surface area contributed by atoms with E-state index in [2.05, 4.69) is 38.2 Å². The second kappa shape index (κ2) is 6.78. The summed E-state index contributed by atoms with van der Waals surface area (Å²) in [7, 11) is 0. The zero-order chi connectivity index (χ0) is 14.5. The van der Waals surface area contributed by atoms with E-state index in [-0.39, 0.29) is 6.03 Å². The summed E-state index contributed by atoms with van der Waals surface area (Å²) in [4.78, 5) is 14.2. The first-order valence-electron chi connectivity index (χ1n) is 7.79. The Kier molecular flexibility index (Phi) is 5.05. The first-order valence-corrected chi connectivity index (χ1v) is 7.79. The first kappa shape index (κ1) is 14.9. The summed E-state index contributed by atoms with van der Waals surface area (Å²) in [6, 6.07) is 8.63. The summed E-state index contributed by atoms with van der Waals surface area (Å²) in [6.07, 6.45) is 4.59. The van der Waals surface area contributed by atoms with Crippen LogP contribution in [-0.2, 0) is 0 Å². The maximum atomic E-state index is 12.3. The number of hydrogen-bond donors (Lipinski definition) is 1. The molecule has 0 saturated carbocycles. The number of carbonyl (C=O) groups excluding carboxylic acids is 1. The van der Waals surface area contributed by atoms with E-state index in [4.69, 9.17) is 0 Å². The van der Waals surface area contributed by atoms with Gasteiger partial charge < -0.3 is 10.2 Å². The molecule has 0 unspecified atom stereocenters. The highest BCUT2D eigenvalue weighted by atomic mass is 16.2. The minimum absolute atomic E-state index is 0.0356. The van der Waals surface area contributed by atoms with Crippen molar-refractivity contribution in [3.05, 3.63) is 29.8 Å². The Bertz CT molecular complexity index is 441. The number of piperidine rings is 1. The predicted octanol–water partition coefficient (Wildman–Crippen LogP) is 4.61. The van der Waals surface area contributed by atoms with Gasteiger partial charge in [-0.25, -0.2) is 4.79 Å². The van der Waals surface area contributed by atoms with Gasteiger partial charge in [0.1, 0.15) is 0 Å². The number of anilines is 1. The molecular weight excluding hydrogens is 248 g/mol. The van der Waals surface area contributed by atoms with Crippen molar-refractivity contribution in [3.8, 4) is 0 Å². The van der Waals surface area contributed by atoms with Gasteiger partial charge in [0.05, 0.1) is 0 Å². The molecule has 1 aromatic rings. The van der Waals surface area contributed by atoms with Gasteiger partial charge in [0, 0.05) is 18.3 Å². The van der Waals surface area contributed by atoms with E-state index in [1.165, 1.54) is 12.0 Å². The van der Waals surface area contributed by atoms with Crippen LogP contribution in [0.3, 0.4) is 0 Å². The van der Waals surface area contributed by atoms with Gasteiger partial charge in [-0.1, -0.05) is 26.0 Å². The zero-order valence-corrected chi connectivity index (χ0v) is 12.9. The molecule has 3 nitrogen and oxygen atoms in total. The molecule has 0 spiro atoms. The summed E-state index contributed by atoms with van der Waals surface area (Å²) in [6.45, 7) is 7.42. The molecule has 2 amide bonds. The molecule has 0 radical (unpaired) electrons. The maximum absolute atomic E-state index is 12.3. The van der Waals surface area contributed by atoms with Gasteiger partial charge in [0.2, 0.25) is 0 Å². The van der Waals surface area contributed by atoms with Crippen molar-refractivity contribution in [2.45, 2.75) is 58.4 Å². The van der Waals surface area contributed by atoms with E-state index in [0.29, 0.717) is 12.0 Å². The van der Waals surface area contributed by atoms with Crippen LogP contribution in [0.1, 0.15) is 57.9 Å². The number of hydrogen-bond acceptors (Lipinski definition) is 1. The highest BCUT2D eigenvalue weighted by Gasteiger charge is 2.22. The van der Waals surface area contributed by atoms with Crippen LogP contribution in [-0.4, -0.2) is 23.5 Å². The summed E-state index contributed by atoms with van der Waals surface area (Å²) < 4.78 is 0. The Hall–Kier alpha value is -1.51. The predicted molar refractivity (Wildman–Crippen MR) is 84.2 cm³/mol. The molecule has 1 fully saturated rings. The van der Waals surface area contributed by atoms with Gasteiger partial charge in [-0.3, -0.25) is 0 Å². The zero-order valence-electron chi connectivity index (χ0n) is 12.9. The molecule has 1 heterocycles. The topological polar surface area (TPSA) is 32.3 Å². The van der Waals surface area contributed by atoms with E-state index < -0.39 is 0 Å². The molecule has 0 aliphatic carbocycles. The van der Waals surface area contributed by atoms with Gasteiger partial charge in [-0.15, -0.1) is 0 Å². The van der Waals surface area contributed by atoms with E-state index in [1.54, 1.807) is 0 Å². The molecule has 0 aromatic heterocycles. The Morgan fingerprint density at radius 1 is 1.35 bits per heavy atom.